The number of benzene rings is 1. The SMILES string of the molecule is CNc1ccc2cc(S(=O)(=O)N(C)CCO)ccc2n1. The molecule has 0 aliphatic heterocycles. The zero-order chi connectivity index (χ0) is 14.8. The molecule has 1 aromatic carbocycles. The van der Waals surface area contributed by atoms with Crippen molar-refractivity contribution in [1.82, 2.24) is 9.29 Å². The average molecular weight is 295 g/mol. The number of nitrogens with zero attached hydrogens (tertiary/aromatic N) is 2. The van der Waals surface area contributed by atoms with Crippen LogP contribution in [-0.4, -0.2) is 50.1 Å². The van der Waals surface area contributed by atoms with E-state index in [1.165, 1.54) is 13.1 Å². The summed E-state index contributed by atoms with van der Waals surface area (Å²) in [4.78, 5) is 4.53. The Morgan fingerprint density at radius 2 is 2.05 bits per heavy atom. The highest BCUT2D eigenvalue weighted by molar-refractivity contribution is 7.89. The second-order valence-electron chi connectivity index (χ2n) is 4.35. The number of anilines is 1. The van der Waals surface area contributed by atoms with Crippen molar-refractivity contribution in [3.8, 4) is 0 Å². The molecule has 2 N–H and O–H groups in total. The van der Waals surface area contributed by atoms with Crippen LogP contribution in [0.2, 0.25) is 0 Å². The molecule has 1 aromatic heterocycles. The van der Waals surface area contributed by atoms with Gasteiger partial charge < -0.3 is 10.4 Å². The van der Waals surface area contributed by atoms with Gasteiger partial charge in [0.1, 0.15) is 5.82 Å². The Hall–Kier alpha value is -1.70. The van der Waals surface area contributed by atoms with Crippen molar-refractivity contribution in [2.45, 2.75) is 4.90 Å². The van der Waals surface area contributed by atoms with Crippen molar-refractivity contribution in [3.63, 3.8) is 0 Å². The van der Waals surface area contributed by atoms with Crippen LogP contribution in [0, 0.1) is 0 Å². The number of likely N-dealkylation sites (N-methyl/N-ethyl adjacent to an activating group) is 1. The first kappa shape index (κ1) is 14.7. The highest BCUT2D eigenvalue weighted by atomic mass is 32.2. The number of fused-ring (bicyclic) bond motifs is 1. The Morgan fingerprint density at radius 3 is 2.70 bits per heavy atom. The zero-order valence-electron chi connectivity index (χ0n) is 11.4. The van der Waals surface area contributed by atoms with E-state index in [0.29, 0.717) is 0 Å². The van der Waals surface area contributed by atoms with Gasteiger partial charge in [0.15, 0.2) is 0 Å². The van der Waals surface area contributed by atoms with Gasteiger partial charge in [0, 0.05) is 26.0 Å². The quantitative estimate of drug-likeness (QED) is 0.856. The lowest BCUT2D eigenvalue weighted by atomic mass is 10.2. The molecule has 0 radical (unpaired) electrons. The normalized spacial score (nSPS) is 12.0. The van der Waals surface area contributed by atoms with E-state index in [1.54, 1.807) is 25.2 Å². The van der Waals surface area contributed by atoms with Gasteiger partial charge in [-0.3, -0.25) is 0 Å². The fourth-order valence-electron chi connectivity index (χ4n) is 1.84. The fraction of sp³-hybridized carbons (Fsp3) is 0.308. The topological polar surface area (TPSA) is 82.5 Å². The molecule has 0 aliphatic rings. The number of sulfonamides is 1. The molecule has 0 bridgehead atoms. The van der Waals surface area contributed by atoms with E-state index in [9.17, 15) is 8.42 Å². The summed E-state index contributed by atoms with van der Waals surface area (Å²) in [6.45, 7) is -0.145. The molecule has 2 aromatic rings. The molecule has 0 saturated carbocycles. The van der Waals surface area contributed by atoms with Gasteiger partial charge in [-0.15, -0.1) is 0 Å². The molecule has 0 spiro atoms. The van der Waals surface area contributed by atoms with Crippen LogP contribution in [0.1, 0.15) is 0 Å². The Bertz CT molecular complexity index is 716. The van der Waals surface area contributed by atoms with Crippen LogP contribution in [0.4, 0.5) is 5.82 Å². The Morgan fingerprint density at radius 1 is 1.30 bits per heavy atom. The number of nitrogens with one attached hydrogen (secondary N) is 1. The molecule has 0 amide bonds. The molecule has 2 rings (SSSR count). The smallest absolute Gasteiger partial charge is 0.242 e. The van der Waals surface area contributed by atoms with Gasteiger partial charge in [-0.05, 0) is 30.3 Å². The number of hydrogen-bond donors (Lipinski definition) is 2. The van der Waals surface area contributed by atoms with Gasteiger partial charge in [-0.1, -0.05) is 0 Å². The number of aromatic nitrogens is 1. The minimum absolute atomic E-state index is 0.0668. The van der Waals surface area contributed by atoms with Crippen LogP contribution in [0.15, 0.2) is 35.2 Å². The number of rotatable bonds is 5. The van der Waals surface area contributed by atoms with Crippen molar-refractivity contribution in [2.75, 3.05) is 32.6 Å². The standard InChI is InChI=1S/C13H17N3O3S/c1-14-13-6-3-10-9-11(4-5-12(10)15-13)20(18,19)16(2)7-8-17/h3-6,9,17H,7-8H2,1-2H3,(H,14,15). The summed E-state index contributed by atoms with van der Waals surface area (Å²) in [5.74, 6) is 0.727. The van der Waals surface area contributed by atoms with Gasteiger partial charge >= 0.3 is 0 Å². The summed E-state index contributed by atoms with van der Waals surface area (Å²) in [5.41, 5.74) is 0.723. The third-order valence-corrected chi connectivity index (χ3v) is 4.89. The van der Waals surface area contributed by atoms with Gasteiger partial charge in [0.25, 0.3) is 0 Å². The van der Waals surface area contributed by atoms with Crippen LogP contribution >= 0.6 is 0 Å². The first-order valence-electron chi connectivity index (χ1n) is 6.15. The summed E-state index contributed by atoms with van der Waals surface area (Å²) in [6.07, 6.45) is 0. The maximum absolute atomic E-state index is 12.3. The second-order valence-corrected chi connectivity index (χ2v) is 6.40. The molecule has 0 saturated heterocycles. The van der Waals surface area contributed by atoms with Crippen molar-refractivity contribution < 1.29 is 13.5 Å². The largest absolute Gasteiger partial charge is 0.395 e. The maximum atomic E-state index is 12.3. The predicted octanol–water partition coefficient (Wildman–Crippen LogP) is 0.889. The lowest BCUT2D eigenvalue weighted by Crippen LogP contribution is -2.29. The van der Waals surface area contributed by atoms with E-state index in [2.05, 4.69) is 10.3 Å². The van der Waals surface area contributed by atoms with E-state index in [4.69, 9.17) is 5.11 Å². The minimum Gasteiger partial charge on any atom is -0.395 e. The fourth-order valence-corrected chi connectivity index (χ4v) is 3.04. The molecular formula is C13H17N3O3S. The van der Waals surface area contributed by atoms with Gasteiger partial charge in [0.2, 0.25) is 10.0 Å². The molecular weight excluding hydrogens is 278 g/mol. The third-order valence-electron chi connectivity index (χ3n) is 3.04. The highest BCUT2D eigenvalue weighted by Gasteiger charge is 2.20. The first-order chi connectivity index (χ1) is 9.48. The molecule has 1 heterocycles. The Kier molecular flexibility index (Phi) is 4.22. The van der Waals surface area contributed by atoms with Crippen molar-refractivity contribution >= 4 is 26.7 Å². The maximum Gasteiger partial charge on any atom is 0.242 e. The molecule has 0 fully saturated rings. The van der Waals surface area contributed by atoms with Crippen LogP contribution in [0.25, 0.3) is 10.9 Å². The summed E-state index contributed by atoms with van der Waals surface area (Å²) in [6, 6.07) is 8.40. The number of aliphatic hydroxyl groups excluding tert-OH is 1. The van der Waals surface area contributed by atoms with E-state index in [1.807, 2.05) is 6.07 Å². The van der Waals surface area contributed by atoms with Crippen molar-refractivity contribution in [2.24, 2.45) is 0 Å². The third kappa shape index (κ3) is 2.74. The van der Waals surface area contributed by atoms with Crippen molar-refractivity contribution in [3.05, 3.63) is 30.3 Å². The number of hydrogen-bond acceptors (Lipinski definition) is 5. The van der Waals surface area contributed by atoms with Crippen LogP contribution in [0.5, 0.6) is 0 Å². The Balaban J connectivity index is 2.46. The number of aliphatic hydroxyl groups is 1. The molecule has 20 heavy (non-hydrogen) atoms. The average Bonchev–Trinajstić information content (AvgIpc) is 2.46. The van der Waals surface area contributed by atoms with E-state index in [0.717, 1.165) is 21.0 Å². The lowest BCUT2D eigenvalue weighted by Gasteiger charge is -2.16. The molecule has 108 valence electrons. The van der Waals surface area contributed by atoms with Crippen LogP contribution < -0.4 is 5.32 Å². The monoisotopic (exact) mass is 295 g/mol. The zero-order valence-corrected chi connectivity index (χ0v) is 12.2. The summed E-state index contributed by atoms with van der Waals surface area (Å²) in [5, 5.41) is 12.5. The second kappa shape index (κ2) is 5.74. The van der Waals surface area contributed by atoms with Crippen LogP contribution in [-0.2, 0) is 10.0 Å². The highest BCUT2D eigenvalue weighted by Crippen LogP contribution is 2.21. The van der Waals surface area contributed by atoms with Gasteiger partial charge in [-0.25, -0.2) is 13.4 Å². The first-order valence-corrected chi connectivity index (χ1v) is 7.59. The van der Waals surface area contributed by atoms with Gasteiger partial charge in [-0.2, -0.15) is 4.31 Å². The predicted molar refractivity (Wildman–Crippen MR) is 78.2 cm³/mol. The van der Waals surface area contributed by atoms with Gasteiger partial charge in [0.05, 0.1) is 17.0 Å². The Labute approximate surface area is 118 Å². The number of pyridine rings is 1. The van der Waals surface area contributed by atoms with E-state index in [-0.39, 0.29) is 18.0 Å². The summed E-state index contributed by atoms with van der Waals surface area (Å²) < 4.78 is 25.7. The van der Waals surface area contributed by atoms with E-state index >= 15 is 0 Å². The summed E-state index contributed by atoms with van der Waals surface area (Å²) >= 11 is 0. The molecule has 6 nitrogen and oxygen atoms in total. The molecule has 7 heteroatoms. The minimum atomic E-state index is -3.58. The molecule has 0 aliphatic carbocycles. The van der Waals surface area contributed by atoms with E-state index < -0.39 is 10.0 Å². The van der Waals surface area contributed by atoms with Crippen molar-refractivity contribution in [1.29, 1.82) is 0 Å². The lowest BCUT2D eigenvalue weighted by molar-refractivity contribution is 0.266. The summed E-state index contributed by atoms with van der Waals surface area (Å²) in [7, 11) is -0.361. The molecule has 0 unspecified atom stereocenters. The van der Waals surface area contributed by atoms with Crippen LogP contribution in [0.3, 0.4) is 0 Å². The molecule has 0 atom stereocenters.